The van der Waals surface area contributed by atoms with Gasteiger partial charge in [-0.2, -0.15) is 0 Å². The molecule has 118 valence electrons. The van der Waals surface area contributed by atoms with Crippen molar-refractivity contribution in [3.8, 4) is 0 Å². The summed E-state index contributed by atoms with van der Waals surface area (Å²) >= 11 is 0. The first-order valence-corrected chi connectivity index (χ1v) is 8.44. The minimum Gasteiger partial charge on any atom is -0.363 e. The van der Waals surface area contributed by atoms with Gasteiger partial charge in [-0.1, -0.05) is 30.3 Å². The fourth-order valence-electron chi connectivity index (χ4n) is 3.72. The van der Waals surface area contributed by atoms with Gasteiger partial charge in [0, 0.05) is 25.7 Å². The van der Waals surface area contributed by atoms with Crippen LogP contribution in [-0.2, 0) is 16.1 Å². The largest absolute Gasteiger partial charge is 0.363 e. The first-order valence-electron chi connectivity index (χ1n) is 8.44. The quantitative estimate of drug-likeness (QED) is 0.856. The highest BCUT2D eigenvalue weighted by Gasteiger charge is 2.46. The monoisotopic (exact) mass is 300 g/mol. The van der Waals surface area contributed by atoms with Crippen molar-refractivity contribution < 1.29 is 9.53 Å². The van der Waals surface area contributed by atoms with E-state index in [-0.39, 0.29) is 18.1 Å². The molecule has 3 aliphatic rings. The molecule has 2 aliphatic heterocycles. The van der Waals surface area contributed by atoms with E-state index in [9.17, 15) is 4.79 Å². The molecule has 2 heterocycles. The molecule has 0 atom stereocenters. The highest BCUT2D eigenvalue weighted by molar-refractivity contribution is 5.79. The van der Waals surface area contributed by atoms with Gasteiger partial charge in [0.15, 0.2) is 0 Å². The van der Waals surface area contributed by atoms with E-state index >= 15 is 0 Å². The number of hydrogen-bond donors (Lipinski definition) is 0. The van der Waals surface area contributed by atoms with Crippen LogP contribution >= 0.6 is 0 Å². The number of ether oxygens (including phenoxy) is 1. The molecule has 1 amide bonds. The number of morpholine rings is 1. The summed E-state index contributed by atoms with van der Waals surface area (Å²) in [5.74, 6) is 0.194. The fraction of sp³-hybridized carbons (Fsp3) is 0.611. The number of amides is 1. The third-order valence-electron chi connectivity index (χ3n) is 5.28. The molecule has 0 N–H and O–H groups in total. The van der Waals surface area contributed by atoms with Gasteiger partial charge >= 0.3 is 0 Å². The third-order valence-corrected chi connectivity index (χ3v) is 5.28. The van der Waals surface area contributed by atoms with Crippen molar-refractivity contribution in [3.05, 3.63) is 35.9 Å². The van der Waals surface area contributed by atoms with E-state index in [2.05, 4.69) is 40.1 Å². The number of hydrogen-bond acceptors (Lipinski definition) is 3. The lowest BCUT2D eigenvalue weighted by Crippen LogP contribution is -2.59. The van der Waals surface area contributed by atoms with Gasteiger partial charge < -0.3 is 9.64 Å². The number of piperidine rings is 1. The summed E-state index contributed by atoms with van der Waals surface area (Å²) in [7, 11) is 0. The maximum absolute atomic E-state index is 12.0. The van der Waals surface area contributed by atoms with Crippen molar-refractivity contribution in [1.29, 1.82) is 0 Å². The highest BCUT2D eigenvalue weighted by atomic mass is 16.5. The topological polar surface area (TPSA) is 32.8 Å². The van der Waals surface area contributed by atoms with Crippen LogP contribution in [0, 0.1) is 0 Å². The van der Waals surface area contributed by atoms with Crippen LogP contribution in [0.1, 0.15) is 31.2 Å². The van der Waals surface area contributed by atoms with Gasteiger partial charge in [0.1, 0.15) is 6.61 Å². The Labute approximate surface area is 132 Å². The minimum absolute atomic E-state index is 0.0797. The molecule has 1 aromatic carbocycles. The first-order chi connectivity index (χ1) is 10.7. The Morgan fingerprint density at radius 3 is 2.55 bits per heavy atom. The van der Waals surface area contributed by atoms with E-state index in [0.717, 1.165) is 39.0 Å². The second kappa shape index (κ2) is 5.67. The lowest BCUT2D eigenvalue weighted by molar-refractivity contribution is -0.172. The molecule has 0 bridgehead atoms. The van der Waals surface area contributed by atoms with Gasteiger partial charge in [-0.25, -0.2) is 0 Å². The Morgan fingerprint density at radius 1 is 1.14 bits per heavy atom. The van der Waals surface area contributed by atoms with Crippen LogP contribution in [-0.4, -0.2) is 53.6 Å². The van der Waals surface area contributed by atoms with Crippen molar-refractivity contribution in [2.75, 3.05) is 26.2 Å². The van der Waals surface area contributed by atoms with Gasteiger partial charge in [0.25, 0.3) is 0 Å². The van der Waals surface area contributed by atoms with Crippen LogP contribution in [0.5, 0.6) is 0 Å². The molecule has 4 heteroatoms. The van der Waals surface area contributed by atoms with E-state index in [1.54, 1.807) is 0 Å². The van der Waals surface area contributed by atoms with Crippen LogP contribution in [0.2, 0.25) is 0 Å². The Morgan fingerprint density at radius 2 is 1.86 bits per heavy atom. The first kappa shape index (κ1) is 14.2. The molecule has 22 heavy (non-hydrogen) atoms. The zero-order chi connectivity index (χ0) is 15.0. The molecule has 0 unspecified atom stereocenters. The molecular weight excluding hydrogens is 276 g/mol. The molecular formula is C18H24N2O2. The number of carbonyl (C=O) groups is 1. The predicted octanol–water partition coefficient (Wildman–Crippen LogP) is 2.04. The molecule has 3 fully saturated rings. The minimum atomic E-state index is -0.0797. The second-order valence-corrected chi connectivity index (χ2v) is 6.99. The van der Waals surface area contributed by atoms with E-state index in [1.807, 2.05) is 0 Å². The molecule has 1 aliphatic carbocycles. The van der Waals surface area contributed by atoms with E-state index in [1.165, 1.54) is 18.4 Å². The number of likely N-dealkylation sites (tertiary alicyclic amines) is 1. The van der Waals surface area contributed by atoms with Crippen LogP contribution in [0.3, 0.4) is 0 Å². The zero-order valence-corrected chi connectivity index (χ0v) is 13.0. The molecule has 1 saturated carbocycles. The number of carbonyl (C=O) groups excluding carboxylic acids is 1. The lowest BCUT2D eigenvalue weighted by Gasteiger charge is -2.47. The Bertz CT molecular complexity index is 533. The Hall–Kier alpha value is -1.39. The molecule has 1 aromatic rings. The summed E-state index contributed by atoms with van der Waals surface area (Å²) in [6.07, 6.45) is 4.44. The standard InChI is InChI=1S/C18H24N2O2/c21-17-13-22-18(14-20(17)16-6-7-16)8-10-19(11-9-18)12-15-4-2-1-3-5-15/h1-5,16H,6-14H2. The van der Waals surface area contributed by atoms with Crippen LogP contribution in [0.4, 0.5) is 0 Å². The van der Waals surface area contributed by atoms with Gasteiger partial charge in [0.05, 0.1) is 12.1 Å². The van der Waals surface area contributed by atoms with Gasteiger partial charge in [-0.3, -0.25) is 9.69 Å². The van der Waals surface area contributed by atoms with Crippen molar-refractivity contribution in [1.82, 2.24) is 9.80 Å². The molecule has 1 spiro atoms. The van der Waals surface area contributed by atoms with Crippen molar-refractivity contribution in [2.24, 2.45) is 0 Å². The summed E-state index contributed by atoms with van der Waals surface area (Å²) in [5.41, 5.74) is 1.29. The molecule has 2 saturated heterocycles. The maximum atomic E-state index is 12.0. The number of nitrogens with zero attached hydrogens (tertiary/aromatic N) is 2. The van der Waals surface area contributed by atoms with Crippen molar-refractivity contribution >= 4 is 5.91 Å². The number of rotatable bonds is 3. The molecule has 0 aromatic heterocycles. The smallest absolute Gasteiger partial charge is 0.248 e. The number of benzene rings is 1. The van der Waals surface area contributed by atoms with Crippen LogP contribution in [0.25, 0.3) is 0 Å². The van der Waals surface area contributed by atoms with Crippen LogP contribution in [0.15, 0.2) is 30.3 Å². The highest BCUT2D eigenvalue weighted by Crippen LogP contribution is 2.36. The van der Waals surface area contributed by atoms with E-state index in [4.69, 9.17) is 4.74 Å². The van der Waals surface area contributed by atoms with E-state index < -0.39 is 0 Å². The normalized spacial score (nSPS) is 25.6. The summed E-state index contributed by atoms with van der Waals surface area (Å²) in [6.45, 7) is 4.23. The second-order valence-electron chi connectivity index (χ2n) is 6.99. The summed E-state index contributed by atoms with van der Waals surface area (Å²) < 4.78 is 6.01. The molecule has 4 nitrogen and oxygen atoms in total. The maximum Gasteiger partial charge on any atom is 0.248 e. The average Bonchev–Trinajstić information content (AvgIpc) is 3.38. The Kier molecular flexibility index (Phi) is 3.66. The average molecular weight is 300 g/mol. The van der Waals surface area contributed by atoms with Gasteiger partial charge in [0.2, 0.25) is 5.91 Å². The summed E-state index contributed by atoms with van der Waals surface area (Å²) in [5, 5.41) is 0. The fourth-order valence-corrected chi connectivity index (χ4v) is 3.72. The summed E-state index contributed by atoms with van der Waals surface area (Å²) in [4.78, 5) is 16.6. The predicted molar refractivity (Wildman–Crippen MR) is 84.4 cm³/mol. The van der Waals surface area contributed by atoms with E-state index in [0.29, 0.717) is 6.04 Å². The third kappa shape index (κ3) is 2.90. The zero-order valence-electron chi connectivity index (χ0n) is 13.0. The lowest BCUT2D eigenvalue weighted by atomic mass is 9.89. The Balaban J connectivity index is 1.36. The van der Waals surface area contributed by atoms with Gasteiger partial charge in [-0.05, 0) is 31.2 Å². The van der Waals surface area contributed by atoms with Crippen molar-refractivity contribution in [2.45, 2.75) is 43.9 Å². The SMILES string of the molecule is O=C1COC2(CCN(Cc3ccccc3)CC2)CN1C1CC1. The van der Waals surface area contributed by atoms with Crippen molar-refractivity contribution in [3.63, 3.8) is 0 Å². The van der Waals surface area contributed by atoms with Gasteiger partial charge in [-0.15, -0.1) is 0 Å². The summed E-state index contributed by atoms with van der Waals surface area (Å²) in [6, 6.07) is 11.2. The molecule has 4 rings (SSSR count). The molecule has 0 radical (unpaired) electrons. The van der Waals surface area contributed by atoms with Crippen LogP contribution < -0.4 is 0 Å².